The standard InChI is InChI=1S/C7H5ClINO2/c1-4-2-5(8)7(9)6(3-4)10(11)12/h2-3H,1H3. The average molecular weight is 297 g/mol. The molecule has 0 aliphatic rings. The molecule has 0 aliphatic carbocycles. The molecule has 0 N–H and O–H groups in total. The number of nitro groups is 1. The van der Waals surface area contributed by atoms with Gasteiger partial charge in [-0.2, -0.15) is 0 Å². The molecule has 0 aromatic heterocycles. The van der Waals surface area contributed by atoms with E-state index in [0.29, 0.717) is 8.59 Å². The van der Waals surface area contributed by atoms with Gasteiger partial charge in [0.2, 0.25) is 0 Å². The molecule has 12 heavy (non-hydrogen) atoms. The van der Waals surface area contributed by atoms with E-state index in [4.69, 9.17) is 11.6 Å². The summed E-state index contributed by atoms with van der Waals surface area (Å²) >= 11 is 7.61. The van der Waals surface area contributed by atoms with E-state index in [1.165, 1.54) is 6.07 Å². The first kappa shape index (κ1) is 9.73. The minimum Gasteiger partial charge on any atom is -0.258 e. The monoisotopic (exact) mass is 297 g/mol. The number of hydrogen-bond acceptors (Lipinski definition) is 2. The van der Waals surface area contributed by atoms with Crippen LogP contribution in [0, 0.1) is 20.6 Å². The van der Waals surface area contributed by atoms with E-state index in [9.17, 15) is 10.1 Å². The SMILES string of the molecule is Cc1cc(Cl)c(I)c([N+](=O)[O-])c1. The highest BCUT2D eigenvalue weighted by atomic mass is 127. The van der Waals surface area contributed by atoms with E-state index in [1.54, 1.807) is 13.0 Å². The van der Waals surface area contributed by atoms with Gasteiger partial charge < -0.3 is 0 Å². The number of halogens is 2. The maximum Gasteiger partial charge on any atom is 0.284 e. The Morgan fingerprint density at radius 2 is 2.17 bits per heavy atom. The highest BCUT2D eigenvalue weighted by molar-refractivity contribution is 14.1. The van der Waals surface area contributed by atoms with E-state index in [1.807, 2.05) is 22.6 Å². The summed E-state index contributed by atoms with van der Waals surface area (Å²) in [5.74, 6) is 0. The number of nitro benzene ring substituents is 1. The third-order valence-corrected chi connectivity index (χ3v) is 3.10. The van der Waals surface area contributed by atoms with Crippen LogP contribution in [0.4, 0.5) is 5.69 Å². The van der Waals surface area contributed by atoms with Gasteiger partial charge in [-0.15, -0.1) is 0 Å². The summed E-state index contributed by atoms with van der Waals surface area (Å²) in [6.45, 7) is 1.77. The van der Waals surface area contributed by atoms with Gasteiger partial charge in [-0.25, -0.2) is 0 Å². The summed E-state index contributed by atoms with van der Waals surface area (Å²) in [4.78, 5) is 10.0. The molecule has 1 aromatic carbocycles. The van der Waals surface area contributed by atoms with Crippen molar-refractivity contribution in [3.8, 4) is 0 Å². The number of benzene rings is 1. The van der Waals surface area contributed by atoms with Crippen LogP contribution in [0.1, 0.15) is 5.56 Å². The third kappa shape index (κ3) is 1.87. The fourth-order valence-electron chi connectivity index (χ4n) is 0.839. The first-order chi connectivity index (χ1) is 5.52. The van der Waals surface area contributed by atoms with E-state index in [2.05, 4.69) is 0 Å². The minimum absolute atomic E-state index is 0.0700. The lowest BCUT2D eigenvalue weighted by Crippen LogP contribution is -1.92. The molecule has 0 radical (unpaired) electrons. The molecule has 0 fully saturated rings. The molecule has 1 aromatic rings. The number of nitrogens with zero attached hydrogens (tertiary/aromatic N) is 1. The predicted octanol–water partition coefficient (Wildman–Crippen LogP) is 3.16. The van der Waals surface area contributed by atoms with Crippen LogP contribution in [-0.2, 0) is 0 Å². The Hall–Kier alpha value is -0.360. The Labute approximate surface area is 88.0 Å². The van der Waals surface area contributed by atoms with Crippen LogP contribution in [0.15, 0.2) is 12.1 Å². The van der Waals surface area contributed by atoms with E-state index in [0.717, 1.165) is 5.56 Å². The summed E-state index contributed by atoms with van der Waals surface area (Å²) in [7, 11) is 0. The second-order valence-electron chi connectivity index (χ2n) is 2.34. The summed E-state index contributed by atoms with van der Waals surface area (Å²) in [6, 6.07) is 3.21. The van der Waals surface area contributed by atoms with Crippen molar-refractivity contribution < 1.29 is 4.92 Å². The van der Waals surface area contributed by atoms with Crippen molar-refractivity contribution in [2.45, 2.75) is 6.92 Å². The maximum absolute atomic E-state index is 10.5. The van der Waals surface area contributed by atoms with Gasteiger partial charge in [0, 0.05) is 6.07 Å². The van der Waals surface area contributed by atoms with Gasteiger partial charge in [0.15, 0.2) is 0 Å². The van der Waals surface area contributed by atoms with Crippen LogP contribution >= 0.6 is 34.2 Å². The van der Waals surface area contributed by atoms with Crippen molar-refractivity contribution in [1.29, 1.82) is 0 Å². The zero-order valence-electron chi connectivity index (χ0n) is 6.17. The van der Waals surface area contributed by atoms with Crippen LogP contribution in [0.2, 0.25) is 5.02 Å². The largest absolute Gasteiger partial charge is 0.284 e. The molecule has 3 nitrogen and oxygen atoms in total. The lowest BCUT2D eigenvalue weighted by atomic mass is 10.2. The molecule has 0 amide bonds. The average Bonchev–Trinajstić information content (AvgIpc) is 1.96. The lowest BCUT2D eigenvalue weighted by molar-refractivity contribution is -0.385. The first-order valence-corrected chi connectivity index (χ1v) is 4.58. The number of hydrogen-bond donors (Lipinski definition) is 0. The molecule has 0 aliphatic heterocycles. The highest BCUT2D eigenvalue weighted by Gasteiger charge is 2.14. The molecule has 0 unspecified atom stereocenters. The topological polar surface area (TPSA) is 43.1 Å². The molecule has 0 saturated carbocycles. The van der Waals surface area contributed by atoms with Crippen LogP contribution in [0.5, 0.6) is 0 Å². The Morgan fingerprint density at radius 1 is 1.58 bits per heavy atom. The van der Waals surface area contributed by atoms with Gasteiger partial charge in [0.25, 0.3) is 5.69 Å². The predicted molar refractivity (Wildman–Crippen MR) is 55.6 cm³/mol. The van der Waals surface area contributed by atoms with Gasteiger partial charge in [-0.05, 0) is 41.1 Å². The van der Waals surface area contributed by atoms with E-state index < -0.39 is 4.92 Å². The molecule has 64 valence electrons. The quantitative estimate of drug-likeness (QED) is 0.454. The second kappa shape index (κ2) is 3.57. The van der Waals surface area contributed by atoms with Crippen molar-refractivity contribution in [2.24, 2.45) is 0 Å². The van der Waals surface area contributed by atoms with Crippen molar-refractivity contribution in [1.82, 2.24) is 0 Å². The summed E-state index contributed by atoms with van der Waals surface area (Å²) in [5, 5.41) is 10.9. The Kier molecular flexibility index (Phi) is 2.89. The minimum atomic E-state index is -0.430. The Balaban J connectivity index is 3.37. The summed E-state index contributed by atoms with van der Waals surface area (Å²) in [6.07, 6.45) is 0. The fraction of sp³-hybridized carbons (Fsp3) is 0.143. The first-order valence-electron chi connectivity index (χ1n) is 3.12. The molecule has 0 saturated heterocycles. The van der Waals surface area contributed by atoms with Crippen molar-refractivity contribution in [2.75, 3.05) is 0 Å². The zero-order valence-corrected chi connectivity index (χ0v) is 9.09. The molecule has 0 spiro atoms. The molecule has 1 rings (SSSR count). The molecular weight excluding hydrogens is 292 g/mol. The van der Waals surface area contributed by atoms with Gasteiger partial charge in [-0.1, -0.05) is 11.6 Å². The Bertz CT molecular complexity index is 340. The molecule has 0 bridgehead atoms. The van der Waals surface area contributed by atoms with Crippen molar-refractivity contribution >= 4 is 39.9 Å². The molecule has 0 atom stereocenters. The van der Waals surface area contributed by atoms with Gasteiger partial charge in [-0.3, -0.25) is 10.1 Å². The van der Waals surface area contributed by atoms with E-state index >= 15 is 0 Å². The lowest BCUT2D eigenvalue weighted by Gasteiger charge is -1.99. The summed E-state index contributed by atoms with van der Waals surface area (Å²) < 4.78 is 0.491. The van der Waals surface area contributed by atoms with Crippen LogP contribution < -0.4 is 0 Å². The van der Waals surface area contributed by atoms with Crippen LogP contribution in [0.25, 0.3) is 0 Å². The molecule has 5 heteroatoms. The number of rotatable bonds is 1. The normalized spacial score (nSPS) is 9.92. The smallest absolute Gasteiger partial charge is 0.258 e. The highest BCUT2D eigenvalue weighted by Crippen LogP contribution is 2.29. The van der Waals surface area contributed by atoms with Gasteiger partial charge >= 0.3 is 0 Å². The second-order valence-corrected chi connectivity index (χ2v) is 3.82. The maximum atomic E-state index is 10.5. The Morgan fingerprint density at radius 3 is 2.67 bits per heavy atom. The van der Waals surface area contributed by atoms with Crippen molar-refractivity contribution in [3.63, 3.8) is 0 Å². The zero-order chi connectivity index (χ0) is 9.30. The number of aryl methyl sites for hydroxylation is 1. The van der Waals surface area contributed by atoms with Crippen molar-refractivity contribution in [3.05, 3.63) is 36.4 Å². The van der Waals surface area contributed by atoms with Crippen LogP contribution in [-0.4, -0.2) is 4.92 Å². The third-order valence-electron chi connectivity index (χ3n) is 1.35. The van der Waals surface area contributed by atoms with Gasteiger partial charge in [0.05, 0.1) is 9.95 Å². The fourth-order valence-corrected chi connectivity index (χ4v) is 1.62. The molecule has 0 heterocycles. The molecular formula is C7H5ClINO2. The van der Waals surface area contributed by atoms with Crippen LogP contribution in [0.3, 0.4) is 0 Å². The van der Waals surface area contributed by atoms with Gasteiger partial charge in [0.1, 0.15) is 3.57 Å². The summed E-state index contributed by atoms with van der Waals surface area (Å²) in [5.41, 5.74) is 0.868. The van der Waals surface area contributed by atoms with E-state index in [-0.39, 0.29) is 5.69 Å².